The van der Waals surface area contributed by atoms with Crippen LogP contribution in [0.15, 0.2) is 45.7 Å². The largest absolute Gasteiger partial charge is 0.497 e. The molecule has 33 heavy (non-hydrogen) atoms. The van der Waals surface area contributed by atoms with E-state index in [2.05, 4.69) is 12.2 Å². The summed E-state index contributed by atoms with van der Waals surface area (Å²) in [5.41, 5.74) is 2.57. The molecule has 0 saturated carbocycles. The number of nitrogens with one attached hydrogen (secondary N) is 1. The van der Waals surface area contributed by atoms with Gasteiger partial charge in [0.15, 0.2) is 5.16 Å². The summed E-state index contributed by atoms with van der Waals surface area (Å²) in [5.74, 6) is 0.794. The maximum absolute atomic E-state index is 13.8. The van der Waals surface area contributed by atoms with Gasteiger partial charge in [0, 0.05) is 9.75 Å². The number of hydrogen-bond acceptors (Lipinski definition) is 7. The van der Waals surface area contributed by atoms with Crippen LogP contribution in [0.25, 0.3) is 15.9 Å². The molecule has 0 atom stereocenters. The first kappa shape index (κ1) is 23.5. The average Bonchev–Trinajstić information content (AvgIpc) is 3.43. The number of benzene rings is 1. The van der Waals surface area contributed by atoms with E-state index in [4.69, 9.17) is 9.72 Å². The highest BCUT2D eigenvalue weighted by Gasteiger charge is 2.21. The van der Waals surface area contributed by atoms with Crippen LogP contribution in [-0.2, 0) is 17.8 Å². The van der Waals surface area contributed by atoms with Crippen molar-refractivity contribution in [3.63, 3.8) is 0 Å². The lowest BCUT2D eigenvalue weighted by molar-refractivity contribution is -0.118. The molecule has 9 heteroatoms. The van der Waals surface area contributed by atoms with Crippen LogP contribution in [0.5, 0.6) is 5.75 Å². The van der Waals surface area contributed by atoms with Gasteiger partial charge in [0.25, 0.3) is 5.56 Å². The van der Waals surface area contributed by atoms with Crippen molar-refractivity contribution in [3.05, 3.63) is 66.9 Å². The Morgan fingerprint density at radius 3 is 2.76 bits per heavy atom. The van der Waals surface area contributed by atoms with Crippen molar-refractivity contribution in [1.29, 1.82) is 0 Å². The molecule has 0 aliphatic carbocycles. The Bertz CT molecular complexity index is 1360. The SMILES string of the molecule is CCc1c(C)sc2nc(SCC(=O)NCc3cccs3)n(-c3ccc(OC)cc3C)c(=O)c12. The van der Waals surface area contributed by atoms with Gasteiger partial charge in [-0.2, -0.15) is 0 Å². The quantitative estimate of drug-likeness (QED) is 0.270. The van der Waals surface area contributed by atoms with Crippen LogP contribution in [-0.4, -0.2) is 28.3 Å². The monoisotopic (exact) mass is 499 g/mol. The zero-order valence-corrected chi connectivity index (χ0v) is 21.4. The van der Waals surface area contributed by atoms with Gasteiger partial charge < -0.3 is 10.1 Å². The van der Waals surface area contributed by atoms with Crippen LogP contribution in [0.4, 0.5) is 0 Å². The average molecular weight is 500 g/mol. The first-order valence-electron chi connectivity index (χ1n) is 10.5. The Labute approximate surface area is 204 Å². The number of rotatable bonds is 8. The summed E-state index contributed by atoms with van der Waals surface area (Å²) in [7, 11) is 1.62. The number of aryl methyl sites for hydroxylation is 3. The highest BCUT2D eigenvalue weighted by molar-refractivity contribution is 7.99. The molecule has 4 rings (SSSR count). The normalized spacial score (nSPS) is 11.2. The van der Waals surface area contributed by atoms with Crippen LogP contribution < -0.4 is 15.6 Å². The van der Waals surface area contributed by atoms with Crippen molar-refractivity contribution in [2.45, 2.75) is 38.9 Å². The number of hydrogen-bond donors (Lipinski definition) is 1. The van der Waals surface area contributed by atoms with Gasteiger partial charge in [0.2, 0.25) is 5.91 Å². The van der Waals surface area contributed by atoms with Gasteiger partial charge in [-0.25, -0.2) is 4.98 Å². The molecule has 1 amide bonds. The standard InChI is InChI=1S/C24H25N3O3S3/c1-5-18-15(3)33-22-21(18)23(29)27(19-9-8-16(30-4)11-14(19)2)24(26-22)32-13-20(28)25-12-17-7-6-10-31-17/h6-11H,5,12-13H2,1-4H3,(H,25,28). The second-order valence-corrected chi connectivity index (χ2v) is 10.7. The van der Waals surface area contributed by atoms with Gasteiger partial charge in [-0.1, -0.05) is 24.8 Å². The van der Waals surface area contributed by atoms with Crippen LogP contribution in [0.1, 0.15) is 27.8 Å². The van der Waals surface area contributed by atoms with Gasteiger partial charge in [-0.15, -0.1) is 22.7 Å². The second-order valence-electron chi connectivity index (χ2n) is 7.50. The zero-order chi connectivity index (χ0) is 23.5. The minimum atomic E-state index is -0.101. The summed E-state index contributed by atoms with van der Waals surface area (Å²) in [6.07, 6.45) is 0.766. The topological polar surface area (TPSA) is 73.2 Å². The smallest absolute Gasteiger partial charge is 0.267 e. The first-order valence-corrected chi connectivity index (χ1v) is 13.2. The van der Waals surface area contributed by atoms with E-state index in [1.807, 2.05) is 49.6 Å². The molecule has 0 unspecified atom stereocenters. The number of methoxy groups -OCH3 is 1. The van der Waals surface area contributed by atoms with Crippen LogP contribution in [0.2, 0.25) is 0 Å². The second kappa shape index (κ2) is 10.1. The molecule has 172 valence electrons. The van der Waals surface area contributed by atoms with E-state index in [-0.39, 0.29) is 17.2 Å². The molecule has 0 radical (unpaired) electrons. The van der Waals surface area contributed by atoms with Gasteiger partial charge in [0.05, 0.1) is 30.5 Å². The van der Waals surface area contributed by atoms with Crippen LogP contribution in [0, 0.1) is 13.8 Å². The fourth-order valence-corrected chi connectivity index (χ4v) is 6.35. The van der Waals surface area contributed by atoms with Gasteiger partial charge in [-0.3, -0.25) is 14.2 Å². The number of ether oxygens (including phenoxy) is 1. The number of nitrogens with zero attached hydrogens (tertiary/aromatic N) is 2. The summed E-state index contributed by atoms with van der Waals surface area (Å²) < 4.78 is 6.97. The fourth-order valence-electron chi connectivity index (χ4n) is 3.72. The van der Waals surface area contributed by atoms with Gasteiger partial charge >= 0.3 is 0 Å². The fraction of sp³-hybridized carbons (Fsp3) is 0.292. The number of carbonyl (C=O) groups is 1. The molecule has 0 fully saturated rings. The maximum atomic E-state index is 13.8. The first-order chi connectivity index (χ1) is 15.9. The summed E-state index contributed by atoms with van der Waals surface area (Å²) in [6.45, 7) is 6.52. The molecule has 6 nitrogen and oxygen atoms in total. The Kier molecular flexibility index (Phi) is 7.21. The Balaban J connectivity index is 1.73. The third-order valence-corrected chi connectivity index (χ3v) is 8.22. The van der Waals surface area contributed by atoms with E-state index in [9.17, 15) is 9.59 Å². The van der Waals surface area contributed by atoms with E-state index in [0.717, 1.165) is 43.6 Å². The van der Waals surface area contributed by atoms with Crippen LogP contribution in [0.3, 0.4) is 0 Å². The number of thioether (sulfide) groups is 1. The number of fused-ring (bicyclic) bond motifs is 1. The van der Waals surface area contributed by atoms with Crippen molar-refractivity contribution in [3.8, 4) is 11.4 Å². The van der Waals surface area contributed by atoms with E-state index in [0.29, 0.717) is 17.1 Å². The molecule has 4 aromatic rings. The maximum Gasteiger partial charge on any atom is 0.267 e. The van der Waals surface area contributed by atoms with Crippen molar-refractivity contribution in [2.24, 2.45) is 0 Å². The van der Waals surface area contributed by atoms with Crippen molar-refractivity contribution in [1.82, 2.24) is 14.9 Å². The molecule has 3 heterocycles. The lowest BCUT2D eigenvalue weighted by atomic mass is 10.1. The Hall–Kier alpha value is -2.62. The molecule has 1 N–H and O–H groups in total. The van der Waals surface area contributed by atoms with Gasteiger partial charge in [-0.05, 0) is 61.0 Å². The molecule has 0 bridgehead atoms. The number of amides is 1. The summed E-state index contributed by atoms with van der Waals surface area (Å²) >= 11 is 4.41. The number of thiophene rings is 2. The molecule has 0 spiro atoms. The minimum Gasteiger partial charge on any atom is -0.497 e. The van der Waals surface area contributed by atoms with E-state index >= 15 is 0 Å². The lowest BCUT2D eigenvalue weighted by Crippen LogP contribution is -2.26. The molecule has 3 aromatic heterocycles. The Morgan fingerprint density at radius 2 is 2.09 bits per heavy atom. The highest BCUT2D eigenvalue weighted by Crippen LogP contribution is 2.31. The summed E-state index contributed by atoms with van der Waals surface area (Å²) in [6, 6.07) is 9.55. The molecular formula is C24H25N3O3S3. The molecular weight excluding hydrogens is 474 g/mol. The molecule has 0 aliphatic rings. The number of carbonyl (C=O) groups excluding carboxylic acids is 1. The third-order valence-electron chi connectivity index (χ3n) is 5.37. The van der Waals surface area contributed by atoms with Gasteiger partial charge in [0.1, 0.15) is 10.6 Å². The van der Waals surface area contributed by atoms with E-state index < -0.39 is 0 Å². The van der Waals surface area contributed by atoms with E-state index in [1.165, 1.54) is 23.1 Å². The molecule has 0 saturated heterocycles. The number of aromatic nitrogens is 2. The Morgan fingerprint density at radius 1 is 1.27 bits per heavy atom. The molecule has 0 aliphatic heterocycles. The van der Waals surface area contributed by atoms with Crippen molar-refractivity contribution >= 4 is 50.6 Å². The predicted octanol–water partition coefficient (Wildman–Crippen LogP) is 5.11. The van der Waals surface area contributed by atoms with E-state index in [1.54, 1.807) is 23.0 Å². The third kappa shape index (κ3) is 4.85. The van der Waals surface area contributed by atoms with Crippen molar-refractivity contribution in [2.75, 3.05) is 12.9 Å². The zero-order valence-electron chi connectivity index (χ0n) is 18.9. The highest BCUT2D eigenvalue weighted by atomic mass is 32.2. The van der Waals surface area contributed by atoms with Crippen molar-refractivity contribution < 1.29 is 9.53 Å². The van der Waals surface area contributed by atoms with Crippen LogP contribution >= 0.6 is 34.4 Å². The predicted molar refractivity (Wildman–Crippen MR) is 138 cm³/mol. The molecule has 1 aromatic carbocycles. The minimum absolute atomic E-state index is 0.0997. The lowest BCUT2D eigenvalue weighted by Gasteiger charge is -2.15. The summed E-state index contributed by atoms with van der Waals surface area (Å²) in [4.78, 5) is 34.0. The summed E-state index contributed by atoms with van der Waals surface area (Å²) in [5, 5.41) is 6.10.